The summed E-state index contributed by atoms with van der Waals surface area (Å²) < 4.78 is 18.2. The van der Waals surface area contributed by atoms with Crippen LogP contribution >= 0.6 is 0 Å². The maximum atomic E-state index is 13.2. The monoisotopic (exact) mass is 237 g/mol. The van der Waals surface area contributed by atoms with Crippen LogP contribution in [0.3, 0.4) is 0 Å². The first-order valence-corrected chi connectivity index (χ1v) is 5.24. The molecule has 0 aliphatic carbocycles. The van der Waals surface area contributed by atoms with Crippen LogP contribution in [0.2, 0.25) is 0 Å². The van der Waals surface area contributed by atoms with E-state index in [1.54, 1.807) is 0 Å². The molecule has 1 aromatic rings. The van der Waals surface area contributed by atoms with Crippen LogP contribution in [-0.4, -0.2) is 36.0 Å². The van der Waals surface area contributed by atoms with Crippen molar-refractivity contribution in [3.63, 3.8) is 0 Å². The molecule has 0 radical (unpaired) electrons. The first kappa shape index (κ1) is 11.6. The lowest BCUT2D eigenvalue weighted by molar-refractivity contribution is -0.127. The Bertz CT molecular complexity index is 415. The second-order valence-corrected chi connectivity index (χ2v) is 4.05. The summed E-state index contributed by atoms with van der Waals surface area (Å²) >= 11 is 0. The normalized spacial score (nSPS) is 17.1. The van der Waals surface area contributed by atoms with Gasteiger partial charge in [-0.05, 0) is 5.56 Å². The number of amides is 1. The largest absolute Gasteiger partial charge is 0.445 e. The molecular formula is C12H12FNO3. The van der Waals surface area contributed by atoms with Gasteiger partial charge in [0.2, 0.25) is 5.67 Å². The molecule has 0 unspecified atom stereocenters. The minimum absolute atomic E-state index is 0.149. The van der Waals surface area contributed by atoms with Crippen molar-refractivity contribution in [2.45, 2.75) is 12.3 Å². The highest BCUT2D eigenvalue weighted by Gasteiger charge is 2.46. The van der Waals surface area contributed by atoms with Crippen molar-refractivity contribution < 1.29 is 18.7 Å². The zero-order chi connectivity index (χ0) is 12.3. The van der Waals surface area contributed by atoms with E-state index in [2.05, 4.69) is 0 Å². The summed E-state index contributed by atoms with van der Waals surface area (Å²) in [4.78, 5) is 22.9. The lowest BCUT2D eigenvalue weighted by atomic mass is 9.99. The topological polar surface area (TPSA) is 46.6 Å². The molecule has 5 heteroatoms. The van der Waals surface area contributed by atoms with Gasteiger partial charge in [0.15, 0.2) is 6.29 Å². The van der Waals surface area contributed by atoms with E-state index in [1.165, 1.54) is 0 Å². The molecule has 1 fully saturated rings. The molecule has 1 amide bonds. The lowest BCUT2D eigenvalue weighted by Gasteiger charge is -2.39. The molecule has 1 aliphatic heterocycles. The Labute approximate surface area is 98.0 Å². The van der Waals surface area contributed by atoms with E-state index in [1.807, 2.05) is 30.3 Å². The highest BCUT2D eigenvalue weighted by atomic mass is 19.1. The standard InChI is InChI=1S/C12H12FNO3/c13-12(9-15)7-14(8-12)11(16)17-6-10-4-2-1-3-5-10/h1-5,9H,6-8H2. The quantitative estimate of drug-likeness (QED) is 0.749. The van der Waals surface area contributed by atoms with E-state index in [0.717, 1.165) is 10.5 Å². The number of alkyl halides is 1. The molecule has 0 aromatic heterocycles. The van der Waals surface area contributed by atoms with Crippen LogP contribution in [0.15, 0.2) is 30.3 Å². The molecule has 0 N–H and O–H groups in total. The van der Waals surface area contributed by atoms with Crippen molar-refractivity contribution in [1.29, 1.82) is 0 Å². The summed E-state index contributed by atoms with van der Waals surface area (Å²) in [6, 6.07) is 9.20. The van der Waals surface area contributed by atoms with Gasteiger partial charge in [-0.1, -0.05) is 30.3 Å². The predicted octanol–water partition coefficient (Wildman–Crippen LogP) is 1.55. The van der Waals surface area contributed by atoms with E-state index in [4.69, 9.17) is 4.74 Å². The van der Waals surface area contributed by atoms with Gasteiger partial charge in [-0.3, -0.25) is 4.79 Å². The van der Waals surface area contributed by atoms with Crippen molar-refractivity contribution in [3.05, 3.63) is 35.9 Å². The summed E-state index contributed by atoms with van der Waals surface area (Å²) in [5.41, 5.74) is -1.02. The average molecular weight is 237 g/mol. The molecule has 1 heterocycles. The van der Waals surface area contributed by atoms with Crippen LogP contribution in [0, 0.1) is 0 Å². The van der Waals surface area contributed by atoms with E-state index in [-0.39, 0.29) is 26.0 Å². The van der Waals surface area contributed by atoms with Gasteiger partial charge in [-0.2, -0.15) is 0 Å². The molecule has 1 aromatic carbocycles. The van der Waals surface area contributed by atoms with Crippen molar-refractivity contribution >= 4 is 12.4 Å². The van der Waals surface area contributed by atoms with E-state index < -0.39 is 11.8 Å². The third-order valence-corrected chi connectivity index (χ3v) is 2.58. The number of halogens is 1. The summed E-state index contributed by atoms with van der Waals surface area (Å²) in [7, 11) is 0. The number of carbonyl (C=O) groups is 2. The Morgan fingerprint density at radius 3 is 2.65 bits per heavy atom. The van der Waals surface area contributed by atoms with Crippen molar-refractivity contribution in [2.75, 3.05) is 13.1 Å². The number of rotatable bonds is 3. The molecule has 0 atom stereocenters. The SMILES string of the molecule is O=CC1(F)CN(C(=O)OCc2ccccc2)C1. The maximum absolute atomic E-state index is 13.2. The average Bonchev–Trinajstić information content (AvgIpc) is 2.33. The Morgan fingerprint density at radius 1 is 1.41 bits per heavy atom. The van der Waals surface area contributed by atoms with Gasteiger partial charge in [-0.25, -0.2) is 9.18 Å². The molecule has 2 rings (SSSR count). The summed E-state index contributed by atoms with van der Waals surface area (Å²) in [5.74, 6) is 0. The molecular weight excluding hydrogens is 225 g/mol. The molecule has 90 valence electrons. The zero-order valence-electron chi connectivity index (χ0n) is 9.14. The fourth-order valence-corrected chi connectivity index (χ4v) is 1.60. The Morgan fingerprint density at radius 2 is 2.06 bits per heavy atom. The first-order chi connectivity index (χ1) is 8.13. The number of nitrogens with zero attached hydrogens (tertiary/aromatic N) is 1. The fourth-order valence-electron chi connectivity index (χ4n) is 1.60. The van der Waals surface area contributed by atoms with Crippen LogP contribution in [0.5, 0.6) is 0 Å². The maximum Gasteiger partial charge on any atom is 0.410 e. The van der Waals surface area contributed by atoms with Gasteiger partial charge in [0.25, 0.3) is 0 Å². The van der Waals surface area contributed by atoms with Crippen LogP contribution in [0.1, 0.15) is 5.56 Å². The molecule has 4 nitrogen and oxygen atoms in total. The molecule has 1 aliphatic rings. The van der Waals surface area contributed by atoms with Crippen LogP contribution in [0.25, 0.3) is 0 Å². The second-order valence-electron chi connectivity index (χ2n) is 4.05. The number of carbonyl (C=O) groups excluding carboxylic acids is 2. The zero-order valence-corrected chi connectivity index (χ0v) is 9.14. The van der Waals surface area contributed by atoms with Crippen LogP contribution in [-0.2, 0) is 16.1 Å². The highest BCUT2D eigenvalue weighted by molar-refractivity contribution is 5.75. The summed E-state index contributed by atoms with van der Waals surface area (Å²) in [5, 5.41) is 0. The third kappa shape index (κ3) is 2.61. The molecule has 0 spiro atoms. The summed E-state index contributed by atoms with van der Waals surface area (Å²) in [6.07, 6.45) is -0.363. The van der Waals surface area contributed by atoms with E-state index >= 15 is 0 Å². The van der Waals surface area contributed by atoms with E-state index in [0.29, 0.717) is 0 Å². The number of ether oxygens (including phenoxy) is 1. The first-order valence-electron chi connectivity index (χ1n) is 5.24. The Balaban J connectivity index is 1.78. The van der Waals surface area contributed by atoms with Crippen LogP contribution < -0.4 is 0 Å². The number of hydrogen-bond acceptors (Lipinski definition) is 3. The Kier molecular flexibility index (Phi) is 3.08. The highest BCUT2D eigenvalue weighted by Crippen LogP contribution is 2.23. The second kappa shape index (κ2) is 4.53. The fraction of sp³-hybridized carbons (Fsp3) is 0.333. The van der Waals surface area contributed by atoms with Gasteiger partial charge >= 0.3 is 6.09 Å². The van der Waals surface area contributed by atoms with Crippen molar-refractivity contribution in [2.24, 2.45) is 0 Å². The number of benzene rings is 1. The number of likely N-dealkylation sites (tertiary alicyclic amines) is 1. The van der Waals surface area contributed by atoms with Gasteiger partial charge in [0, 0.05) is 0 Å². The number of hydrogen-bond donors (Lipinski definition) is 0. The lowest BCUT2D eigenvalue weighted by Crippen LogP contribution is -2.61. The molecule has 0 bridgehead atoms. The van der Waals surface area contributed by atoms with E-state index in [9.17, 15) is 14.0 Å². The minimum Gasteiger partial charge on any atom is -0.445 e. The van der Waals surface area contributed by atoms with Gasteiger partial charge in [-0.15, -0.1) is 0 Å². The molecule has 0 saturated carbocycles. The summed E-state index contributed by atoms with van der Waals surface area (Å²) in [6.45, 7) is -0.287. The van der Waals surface area contributed by atoms with Crippen molar-refractivity contribution in [3.8, 4) is 0 Å². The van der Waals surface area contributed by atoms with Crippen LogP contribution in [0.4, 0.5) is 9.18 Å². The van der Waals surface area contributed by atoms with Gasteiger partial charge in [0.1, 0.15) is 6.61 Å². The Hall–Kier alpha value is -1.91. The van der Waals surface area contributed by atoms with Gasteiger partial charge in [0.05, 0.1) is 13.1 Å². The number of aldehydes is 1. The minimum atomic E-state index is -1.88. The van der Waals surface area contributed by atoms with Gasteiger partial charge < -0.3 is 9.64 Å². The third-order valence-electron chi connectivity index (χ3n) is 2.58. The molecule has 1 saturated heterocycles. The predicted molar refractivity (Wildman–Crippen MR) is 58.1 cm³/mol. The smallest absolute Gasteiger partial charge is 0.410 e. The van der Waals surface area contributed by atoms with Crippen molar-refractivity contribution in [1.82, 2.24) is 4.90 Å². The molecule has 17 heavy (non-hydrogen) atoms.